The molecule has 0 N–H and O–H groups in total. The first-order valence-electron chi connectivity index (χ1n) is 9.57. The van der Waals surface area contributed by atoms with Crippen LogP contribution in [0.2, 0.25) is 0 Å². The van der Waals surface area contributed by atoms with E-state index < -0.39 is 0 Å². The van der Waals surface area contributed by atoms with Gasteiger partial charge < -0.3 is 9.22 Å². The third-order valence-corrected chi connectivity index (χ3v) is 5.62. The summed E-state index contributed by atoms with van der Waals surface area (Å²) in [6.45, 7) is 8.61. The first-order valence-corrected chi connectivity index (χ1v) is 9.57. The first-order chi connectivity index (χ1) is 13.0. The smallest absolute Gasteiger partial charge is 0.330 e. The second-order valence-electron chi connectivity index (χ2n) is 7.96. The lowest BCUT2D eigenvalue weighted by molar-refractivity contribution is 0.0668. The van der Waals surface area contributed by atoms with Crippen LogP contribution in [0.5, 0.6) is 0 Å². The van der Waals surface area contributed by atoms with Crippen LogP contribution >= 0.6 is 0 Å². The lowest BCUT2D eigenvalue weighted by Crippen LogP contribution is -2.36. The van der Waals surface area contributed by atoms with Crippen LogP contribution in [0.1, 0.15) is 27.7 Å². The van der Waals surface area contributed by atoms with E-state index in [0.717, 1.165) is 11.2 Å². The van der Waals surface area contributed by atoms with Crippen molar-refractivity contribution in [3.8, 4) is 5.69 Å². The highest BCUT2D eigenvalue weighted by atomic mass is 16.5. The van der Waals surface area contributed by atoms with E-state index in [2.05, 4.69) is 105 Å². The lowest BCUT2D eigenvalue weighted by Gasteiger charge is -2.30. The van der Waals surface area contributed by atoms with E-state index >= 15 is 0 Å². The third kappa shape index (κ3) is 3.28. The molecule has 4 aromatic rings. The Labute approximate surface area is 162 Å². The molecule has 1 heterocycles. The van der Waals surface area contributed by atoms with E-state index in [9.17, 15) is 0 Å². The summed E-state index contributed by atoms with van der Waals surface area (Å²) < 4.78 is 8.34. The summed E-state index contributed by atoms with van der Waals surface area (Å²) in [4.78, 5) is 0. The molecule has 135 valence electrons. The maximum absolute atomic E-state index is 6.02. The Balaban J connectivity index is 1.70. The van der Waals surface area contributed by atoms with Gasteiger partial charge in [-0.3, -0.25) is 0 Å². The molecule has 0 fully saturated rings. The molecule has 1 aromatic heterocycles. The largest absolute Gasteiger partial charge is 0.429 e. The topological polar surface area (TPSA) is 14.2 Å². The van der Waals surface area contributed by atoms with Crippen molar-refractivity contribution in [3.63, 3.8) is 0 Å². The maximum Gasteiger partial charge on any atom is 0.330 e. The van der Waals surface area contributed by atoms with Crippen LogP contribution in [0.15, 0.2) is 72.8 Å². The van der Waals surface area contributed by atoms with Gasteiger partial charge in [0.15, 0.2) is 0 Å². The molecule has 27 heavy (non-hydrogen) atoms. The summed E-state index contributed by atoms with van der Waals surface area (Å²) in [5, 5.41) is 2.57. The summed E-state index contributed by atoms with van der Waals surface area (Å²) in [6.07, 6.45) is 0. The van der Waals surface area contributed by atoms with Crippen LogP contribution in [0.4, 0.5) is 0 Å². The standard InChI is InChI=1S/C24H25BNO/c1-17(2)24(3,4)27-25-18-13-15-19(16-14-18)26-22-11-7-5-9-20(22)21-10-6-8-12-23(21)26/h5-17H,1-4H3. The van der Waals surface area contributed by atoms with Crippen LogP contribution in [0.25, 0.3) is 27.5 Å². The Hall–Kier alpha value is -2.52. The van der Waals surface area contributed by atoms with Crippen molar-refractivity contribution in [2.24, 2.45) is 5.92 Å². The van der Waals surface area contributed by atoms with E-state index in [1.165, 1.54) is 21.8 Å². The number of hydrogen-bond donors (Lipinski definition) is 0. The van der Waals surface area contributed by atoms with Gasteiger partial charge in [0.2, 0.25) is 0 Å². The number of nitrogens with zero attached hydrogens (tertiary/aromatic N) is 1. The average molecular weight is 354 g/mol. The summed E-state index contributed by atoms with van der Waals surface area (Å²) >= 11 is 0. The average Bonchev–Trinajstić information content (AvgIpc) is 3.01. The van der Waals surface area contributed by atoms with Crippen LogP contribution in [-0.2, 0) is 4.65 Å². The van der Waals surface area contributed by atoms with Gasteiger partial charge in [-0.25, -0.2) is 0 Å². The molecule has 0 saturated heterocycles. The SMILES string of the molecule is CC(C)C(C)(C)O[B]c1ccc(-n2c3ccccc3c3ccccc32)cc1. The second-order valence-corrected chi connectivity index (χ2v) is 7.96. The molecule has 0 saturated carbocycles. The second kappa shape index (κ2) is 6.90. The molecule has 0 spiro atoms. The van der Waals surface area contributed by atoms with Gasteiger partial charge in [0.05, 0.1) is 11.0 Å². The predicted octanol–water partition coefficient (Wildman–Crippen LogP) is 5.48. The first kappa shape index (κ1) is 17.9. The van der Waals surface area contributed by atoms with Gasteiger partial charge >= 0.3 is 7.48 Å². The van der Waals surface area contributed by atoms with Crippen LogP contribution in [0.3, 0.4) is 0 Å². The van der Waals surface area contributed by atoms with Crippen LogP contribution < -0.4 is 5.46 Å². The van der Waals surface area contributed by atoms with E-state index in [4.69, 9.17) is 4.65 Å². The zero-order chi connectivity index (χ0) is 19.0. The van der Waals surface area contributed by atoms with Gasteiger partial charge in [-0.15, -0.1) is 0 Å². The van der Waals surface area contributed by atoms with Crippen molar-refractivity contribution >= 4 is 34.8 Å². The number of hydrogen-bond acceptors (Lipinski definition) is 1. The molecule has 0 unspecified atom stereocenters. The molecule has 0 aliphatic rings. The summed E-state index contributed by atoms with van der Waals surface area (Å²) in [7, 11) is 1.87. The maximum atomic E-state index is 6.02. The molecule has 2 nitrogen and oxygen atoms in total. The molecule has 3 heteroatoms. The van der Waals surface area contributed by atoms with E-state index in [-0.39, 0.29) is 5.60 Å². The highest BCUT2D eigenvalue weighted by Crippen LogP contribution is 2.31. The van der Waals surface area contributed by atoms with Gasteiger partial charge in [0.1, 0.15) is 0 Å². The summed E-state index contributed by atoms with van der Waals surface area (Å²) in [5.74, 6) is 0.450. The van der Waals surface area contributed by atoms with E-state index in [1.54, 1.807) is 0 Å². The van der Waals surface area contributed by atoms with E-state index in [0.29, 0.717) is 5.92 Å². The fraction of sp³-hybridized carbons (Fsp3) is 0.250. The number of fused-ring (bicyclic) bond motifs is 3. The molecule has 0 bridgehead atoms. The minimum absolute atomic E-state index is 0.175. The molecular weight excluding hydrogens is 329 g/mol. The lowest BCUT2D eigenvalue weighted by atomic mass is 9.84. The van der Waals surface area contributed by atoms with Crippen molar-refractivity contribution in [1.29, 1.82) is 0 Å². The Morgan fingerprint density at radius 1 is 0.778 bits per heavy atom. The van der Waals surface area contributed by atoms with Gasteiger partial charge in [-0.2, -0.15) is 0 Å². The van der Waals surface area contributed by atoms with Crippen LogP contribution in [0, 0.1) is 5.92 Å². The minimum Gasteiger partial charge on any atom is -0.429 e. The Bertz CT molecular complexity index is 1020. The third-order valence-electron chi connectivity index (χ3n) is 5.62. The monoisotopic (exact) mass is 354 g/mol. The number of para-hydroxylation sites is 2. The Morgan fingerprint density at radius 2 is 1.30 bits per heavy atom. The van der Waals surface area contributed by atoms with Crippen molar-refractivity contribution < 1.29 is 4.65 Å². The highest BCUT2D eigenvalue weighted by Gasteiger charge is 2.23. The van der Waals surface area contributed by atoms with Gasteiger partial charge in [0.25, 0.3) is 0 Å². The minimum atomic E-state index is -0.175. The molecule has 4 rings (SSSR count). The fourth-order valence-electron chi connectivity index (χ4n) is 3.26. The van der Waals surface area contributed by atoms with Gasteiger partial charge in [-0.1, -0.05) is 67.8 Å². The molecule has 0 amide bonds. The number of rotatable bonds is 5. The highest BCUT2D eigenvalue weighted by molar-refractivity contribution is 6.47. The van der Waals surface area contributed by atoms with Crippen molar-refractivity contribution in [2.75, 3.05) is 0 Å². The van der Waals surface area contributed by atoms with Crippen molar-refractivity contribution in [1.82, 2.24) is 4.57 Å². The fourth-order valence-corrected chi connectivity index (χ4v) is 3.26. The summed E-state index contributed by atoms with van der Waals surface area (Å²) in [5.41, 5.74) is 4.52. The molecule has 0 atom stereocenters. The number of benzene rings is 3. The quantitative estimate of drug-likeness (QED) is 0.433. The molecule has 0 aliphatic carbocycles. The van der Waals surface area contributed by atoms with Gasteiger partial charge in [-0.05, 0) is 44.0 Å². The predicted molar refractivity (Wildman–Crippen MR) is 116 cm³/mol. The molecule has 0 aliphatic heterocycles. The van der Waals surface area contributed by atoms with E-state index in [1.807, 2.05) is 7.48 Å². The van der Waals surface area contributed by atoms with Gasteiger partial charge in [0, 0.05) is 22.1 Å². The molecule has 3 aromatic carbocycles. The Kier molecular flexibility index (Phi) is 4.57. The molecular formula is C24H25BNO. The van der Waals surface area contributed by atoms with Crippen molar-refractivity contribution in [3.05, 3.63) is 72.8 Å². The Morgan fingerprint density at radius 3 is 1.81 bits per heavy atom. The summed E-state index contributed by atoms with van der Waals surface area (Å²) in [6, 6.07) is 25.7. The zero-order valence-electron chi connectivity index (χ0n) is 16.4. The molecule has 1 radical (unpaired) electrons. The zero-order valence-corrected chi connectivity index (χ0v) is 16.4. The number of aromatic nitrogens is 1. The van der Waals surface area contributed by atoms with Crippen LogP contribution in [-0.4, -0.2) is 17.7 Å². The normalized spacial score (nSPS) is 12.2. The van der Waals surface area contributed by atoms with Crippen molar-refractivity contribution in [2.45, 2.75) is 33.3 Å².